The van der Waals surface area contributed by atoms with Gasteiger partial charge in [0, 0.05) is 19.3 Å². The van der Waals surface area contributed by atoms with Gasteiger partial charge in [0.2, 0.25) is 0 Å². The maximum absolute atomic E-state index is 15.3. The van der Waals surface area contributed by atoms with Crippen LogP contribution in [0.25, 0.3) is 22.3 Å². The van der Waals surface area contributed by atoms with Gasteiger partial charge < -0.3 is 24.1 Å². The van der Waals surface area contributed by atoms with Crippen LogP contribution in [0.4, 0.5) is 4.39 Å². The van der Waals surface area contributed by atoms with E-state index in [-0.39, 0.29) is 31.6 Å². The summed E-state index contributed by atoms with van der Waals surface area (Å²) in [6, 6.07) is 17.4. The van der Waals surface area contributed by atoms with E-state index >= 15 is 4.39 Å². The molecule has 0 amide bonds. The Hall–Kier alpha value is -3.68. The molecule has 0 aromatic heterocycles. The smallest absolute Gasteiger partial charge is 0.333 e. The third-order valence-corrected chi connectivity index (χ3v) is 8.01. The maximum atomic E-state index is 15.3. The van der Waals surface area contributed by atoms with Crippen molar-refractivity contribution in [2.75, 3.05) is 40.1 Å². The molecule has 4 rings (SSSR count). The number of hydrogen-bond acceptors (Lipinski definition) is 6. The van der Waals surface area contributed by atoms with E-state index in [9.17, 15) is 9.90 Å². The predicted molar refractivity (Wildman–Crippen MR) is 167 cm³/mol. The number of methoxy groups -OCH3 is 1. The van der Waals surface area contributed by atoms with Gasteiger partial charge in [0.05, 0.1) is 12.2 Å². The number of halogens is 1. The number of carbonyl (C=O) groups is 1. The molecule has 0 radical (unpaired) electrons. The first-order valence-corrected chi connectivity index (χ1v) is 15.0. The molecule has 0 unspecified atom stereocenters. The van der Waals surface area contributed by atoms with Crippen molar-refractivity contribution in [2.45, 2.75) is 51.9 Å². The Morgan fingerprint density at radius 3 is 2.07 bits per heavy atom. The molecule has 0 saturated heterocycles. The Balaban J connectivity index is 1.54. The van der Waals surface area contributed by atoms with Crippen LogP contribution in [0.1, 0.15) is 56.1 Å². The summed E-state index contributed by atoms with van der Waals surface area (Å²) in [5, 5.41) is 9.23. The van der Waals surface area contributed by atoms with Crippen LogP contribution < -0.4 is 9.47 Å². The zero-order valence-corrected chi connectivity index (χ0v) is 25.5. The van der Waals surface area contributed by atoms with Gasteiger partial charge in [0.25, 0.3) is 0 Å². The Bertz CT molecular complexity index is 1380. The number of carbonyl (C=O) groups excluding carboxylic acids is 1. The van der Waals surface area contributed by atoms with Crippen LogP contribution in [-0.2, 0) is 14.3 Å². The highest BCUT2D eigenvalue weighted by Gasteiger charge is 2.24. The minimum absolute atomic E-state index is 0.0868. The molecule has 0 atom stereocenters. The second-order valence-corrected chi connectivity index (χ2v) is 11.3. The molecule has 230 valence electrons. The standard InChI is InChI=1S/C36H43FO6/c1-24(2)36(39)43-20-19-42-34-22-25(3)21-33(41-18-17-40-4)35(34)29-11-9-27(10-12-29)30-13-14-31(32(37)23-30)28-7-5-26(6-8-28)15-16-38/h9-14,21-23,26,28,38H,1,5-8,15-20H2,2-4H3. The Labute approximate surface area is 254 Å². The van der Waals surface area contributed by atoms with Gasteiger partial charge in [-0.3, -0.25) is 0 Å². The molecule has 7 heteroatoms. The number of benzene rings is 3. The third kappa shape index (κ3) is 8.68. The summed E-state index contributed by atoms with van der Waals surface area (Å²) in [4.78, 5) is 11.8. The Morgan fingerprint density at radius 2 is 1.49 bits per heavy atom. The molecule has 43 heavy (non-hydrogen) atoms. The molecule has 1 fully saturated rings. The lowest BCUT2D eigenvalue weighted by molar-refractivity contribution is -0.139. The number of aryl methyl sites for hydroxylation is 1. The highest BCUT2D eigenvalue weighted by Crippen LogP contribution is 2.42. The summed E-state index contributed by atoms with van der Waals surface area (Å²) >= 11 is 0. The van der Waals surface area contributed by atoms with Crippen molar-refractivity contribution in [1.82, 2.24) is 0 Å². The quantitative estimate of drug-likeness (QED) is 0.118. The van der Waals surface area contributed by atoms with Crippen LogP contribution in [0.2, 0.25) is 0 Å². The van der Waals surface area contributed by atoms with E-state index in [2.05, 4.69) is 6.58 Å². The molecule has 3 aromatic carbocycles. The van der Waals surface area contributed by atoms with E-state index in [0.717, 1.165) is 65.5 Å². The molecule has 0 spiro atoms. The van der Waals surface area contributed by atoms with Gasteiger partial charge in [0.1, 0.15) is 37.1 Å². The number of rotatable bonds is 14. The fourth-order valence-electron chi connectivity index (χ4n) is 5.69. The first-order chi connectivity index (χ1) is 20.8. The molecule has 1 aliphatic carbocycles. The molecule has 0 bridgehead atoms. The summed E-state index contributed by atoms with van der Waals surface area (Å²) < 4.78 is 37.9. The van der Waals surface area contributed by atoms with Gasteiger partial charge in [-0.2, -0.15) is 0 Å². The minimum Gasteiger partial charge on any atom is -0.490 e. The van der Waals surface area contributed by atoms with Gasteiger partial charge in [0.15, 0.2) is 0 Å². The van der Waals surface area contributed by atoms with Crippen molar-refractivity contribution in [3.63, 3.8) is 0 Å². The van der Waals surface area contributed by atoms with Gasteiger partial charge >= 0.3 is 5.97 Å². The second kappa shape index (κ2) is 15.7. The van der Waals surface area contributed by atoms with E-state index < -0.39 is 5.97 Å². The largest absolute Gasteiger partial charge is 0.490 e. The van der Waals surface area contributed by atoms with Crippen molar-refractivity contribution >= 4 is 5.97 Å². The lowest BCUT2D eigenvalue weighted by Gasteiger charge is -2.28. The van der Waals surface area contributed by atoms with Crippen LogP contribution >= 0.6 is 0 Å². The molecule has 1 aliphatic rings. The van der Waals surface area contributed by atoms with Crippen molar-refractivity contribution in [3.05, 3.63) is 83.7 Å². The molecule has 1 N–H and O–H groups in total. The SMILES string of the molecule is C=C(C)C(=O)OCCOc1cc(C)cc(OCCOC)c1-c1ccc(-c2ccc(C3CCC(CCO)CC3)c(F)c2)cc1. The molecule has 6 nitrogen and oxygen atoms in total. The van der Waals surface area contributed by atoms with E-state index in [1.54, 1.807) is 20.1 Å². The highest BCUT2D eigenvalue weighted by molar-refractivity contribution is 5.87. The van der Waals surface area contributed by atoms with Crippen molar-refractivity contribution in [2.24, 2.45) is 5.92 Å². The minimum atomic E-state index is -0.456. The monoisotopic (exact) mass is 590 g/mol. The number of ether oxygens (including phenoxy) is 4. The van der Waals surface area contributed by atoms with Crippen LogP contribution in [0, 0.1) is 18.7 Å². The molecule has 3 aromatic rings. The lowest BCUT2D eigenvalue weighted by Crippen LogP contribution is -2.15. The zero-order valence-electron chi connectivity index (χ0n) is 25.5. The molecular formula is C36H43FO6. The van der Waals surface area contributed by atoms with Crippen LogP contribution in [0.3, 0.4) is 0 Å². The van der Waals surface area contributed by atoms with Crippen molar-refractivity contribution in [1.29, 1.82) is 0 Å². The normalized spacial score (nSPS) is 16.5. The maximum Gasteiger partial charge on any atom is 0.333 e. The molecule has 0 heterocycles. The molecular weight excluding hydrogens is 547 g/mol. The van der Waals surface area contributed by atoms with Crippen LogP contribution in [0.5, 0.6) is 11.5 Å². The van der Waals surface area contributed by atoms with E-state index in [1.165, 1.54) is 0 Å². The van der Waals surface area contributed by atoms with E-state index in [1.807, 2.05) is 55.5 Å². The topological polar surface area (TPSA) is 74.2 Å². The van der Waals surface area contributed by atoms with Crippen molar-refractivity contribution in [3.8, 4) is 33.8 Å². The Morgan fingerprint density at radius 1 is 0.884 bits per heavy atom. The average Bonchev–Trinajstić information content (AvgIpc) is 3.00. The average molecular weight is 591 g/mol. The fourth-order valence-corrected chi connectivity index (χ4v) is 5.69. The molecule has 1 saturated carbocycles. The van der Waals surface area contributed by atoms with Crippen molar-refractivity contribution < 1.29 is 33.2 Å². The first kappa shape index (κ1) is 32.2. The summed E-state index contributed by atoms with van der Waals surface area (Å²) in [6.45, 7) is 8.45. The second-order valence-electron chi connectivity index (χ2n) is 11.3. The van der Waals surface area contributed by atoms with Gasteiger partial charge in [-0.15, -0.1) is 0 Å². The summed E-state index contributed by atoms with van der Waals surface area (Å²) in [6.07, 6.45) is 4.83. The third-order valence-electron chi connectivity index (χ3n) is 8.01. The zero-order chi connectivity index (χ0) is 30.8. The fraction of sp³-hybridized carbons (Fsp3) is 0.417. The lowest BCUT2D eigenvalue weighted by atomic mass is 9.77. The molecule has 0 aliphatic heterocycles. The van der Waals surface area contributed by atoms with E-state index in [4.69, 9.17) is 18.9 Å². The summed E-state index contributed by atoms with van der Waals surface area (Å²) in [7, 11) is 1.62. The summed E-state index contributed by atoms with van der Waals surface area (Å²) in [5.41, 5.74) is 5.46. The van der Waals surface area contributed by atoms with Crippen LogP contribution in [-0.4, -0.2) is 51.2 Å². The Kier molecular flexibility index (Phi) is 11.8. The summed E-state index contributed by atoms with van der Waals surface area (Å²) in [5.74, 6) is 1.42. The predicted octanol–water partition coefficient (Wildman–Crippen LogP) is 7.65. The number of aliphatic hydroxyl groups excluding tert-OH is 1. The van der Waals surface area contributed by atoms with Gasteiger partial charge in [-0.25, -0.2) is 9.18 Å². The first-order valence-electron chi connectivity index (χ1n) is 15.0. The number of esters is 1. The van der Waals surface area contributed by atoms with Crippen LogP contribution in [0.15, 0.2) is 66.7 Å². The number of aliphatic hydroxyl groups is 1. The number of hydrogen-bond donors (Lipinski definition) is 1. The highest BCUT2D eigenvalue weighted by atomic mass is 19.1. The van der Waals surface area contributed by atoms with E-state index in [0.29, 0.717) is 36.2 Å². The van der Waals surface area contributed by atoms with Gasteiger partial charge in [-0.05, 0) is 104 Å². The van der Waals surface area contributed by atoms with Gasteiger partial charge in [-0.1, -0.05) is 43.0 Å².